The summed E-state index contributed by atoms with van der Waals surface area (Å²) in [5.41, 5.74) is -0.647. The van der Waals surface area contributed by atoms with Crippen LogP contribution in [-0.2, 0) is 26.6 Å². The van der Waals surface area contributed by atoms with Crippen molar-refractivity contribution >= 4 is 5.91 Å². The summed E-state index contributed by atoms with van der Waals surface area (Å²) >= 11 is 0. The van der Waals surface area contributed by atoms with E-state index in [4.69, 9.17) is 9.47 Å². The summed E-state index contributed by atoms with van der Waals surface area (Å²) < 4.78 is 106. The molecule has 1 fully saturated rings. The maximum atomic E-state index is 13.8. The third-order valence-corrected chi connectivity index (χ3v) is 7.69. The SMILES string of the molecule is C[C@@H](O[C@H]1CN2C(=O)C=C(C3=CCOCC3)C[C@H]2C1c1ccc(F)cc1)c1cc(C(F)(F)F)cc(C(F)(F)F)c1. The highest BCUT2D eigenvalue weighted by molar-refractivity contribution is 5.91. The summed E-state index contributed by atoms with van der Waals surface area (Å²) in [7, 11) is 0. The fourth-order valence-corrected chi connectivity index (χ4v) is 5.74. The third-order valence-electron chi connectivity index (χ3n) is 7.69. The standard InChI is InChI=1S/C29H26F7NO3/c1-16(19-10-21(28(31,32)33)14-22(11-19)29(34,35)36)40-25-15-37-24(27(25)18-2-4-23(30)5-3-18)12-20(13-26(37)38)17-6-8-39-9-7-17/h2-6,10-11,13-14,16,24-25,27H,7-9,12,15H2,1H3/t16-,24+,25+,27?/m1/s1. The molecule has 2 aromatic carbocycles. The molecule has 3 heterocycles. The number of halogens is 7. The van der Waals surface area contributed by atoms with Gasteiger partial charge in [0, 0.05) is 24.6 Å². The average molecular weight is 570 g/mol. The molecule has 3 aliphatic heterocycles. The van der Waals surface area contributed by atoms with Crippen molar-refractivity contribution in [2.45, 2.75) is 56.3 Å². The first-order valence-corrected chi connectivity index (χ1v) is 12.8. The molecule has 1 amide bonds. The summed E-state index contributed by atoms with van der Waals surface area (Å²) in [4.78, 5) is 14.8. The van der Waals surface area contributed by atoms with Crippen molar-refractivity contribution in [3.63, 3.8) is 0 Å². The Labute approximate surface area is 226 Å². The van der Waals surface area contributed by atoms with E-state index in [1.54, 1.807) is 23.1 Å². The molecular formula is C29H26F7NO3. The van der Waals surface area contributed by atoms with E-state index >= 15 is 0 Å². The van der Waals surface area contributed by atoms with Gasteiger partial charge >= 0.3 is 12.4 Å². The zero-order valence-corrected chi connectivity index (χ0v) is 21.4. The minimum atomic E-state index is -4.99. The van der Waals surface area contributed by atoms with E-state index in [-0.39, 0.29) is 24.1 Å². The van der Waals surface area contributed by atoms with Crippen LogP contribution in [0, 0.1) is 5.82 Å². The lowest BCUT2D eigenvalue weighted by atomic mass is 9.82. The molecular weight excluding hydrogens is 543 g/mol. The molecule has 11 heteroatoms. The van der Waals surface area contributed by atoms with E-state index in [1.807, 2.05) is 6.08 Å². The predicted molar refractivity (Wildman–Crippen MR) is 131 cm³/mol. The summed E-state index contributed by atoms with van der Waals surface area (Å²) in [6, 6.07) is 6.64. The van der Waals surface area contributed by atoms with Gasteiger partial charge in [-0.3, -0.25) is 4.79 Å². The second-order valence-electron chi connectivity index (χ2n) is 10.2. The Morgan fingerprint density at radius 1 is 0.975 bits per heavy atom. The molecule has 4 atom stereocenters. The summed E-state index contributed by atoms with van der Waals surface area (Å²) in [5.74, 6) is -1.23. The smallest absolute Gasteiger partial charge is 0.377 e. The van der Waals surface area contributed by atoms with Crippen LogP contribution in [0.3, 0.4) is 0 Å². The number of carbonyl (C=O) groups is 1. The van der Waals surface area contributed by atoms with Gasteiger partial charge in [-0.25, -0.2) is 4.39 Å². The topological polar surface area (TPSA) is 38.8 Å². The molecule has 0 aromatic heterocycles. The molecule has 0 spiro atoms. The van der Waals surface area contributed by atoms with E-state index in [0.29, 0.717) is 43.8 Å². The maximum absolute atomic E-state index is 13.8. The number of hydrogen-bond donors (Lipinski definition) is 0. The largest absolute Gasteiger partial charge is 0.416 e. The second kappa shape index (κ2) is 10.7. The van der Waals surface area contributed by atoms with Crippen LogP contribution in [0.5, 0.6) is 0 Å². The van der Waals surface area contributed by atoms with Crippen LogP contribution in [0.4, 0.5) is 30.7 Å². The highest BCUT2D eigenvalue weighted by atomic mass is 19.4. The molecule has 3 aliphatic rings. The summed E-state index contributed by atoms with van der Waals surface area (Å²) in [6.45, 7) is 2.41. The molecule has 4 nitrogen and oxygen atoms in total. The van der Waals surface area contributed by atoms with E-state index in [1.165, 1.54) is 19.1 Å². The van der Waals surface area contributed by atoms with Crippen LogP contribution in [0.2, 0.25) is 0 Å². The molecule has 40 heavy (non-hydrogen) atoms. The van der Waals surface area contributed by atoms with Gasteiger partial charge in [-0.1, -0.05) is 18.2 Å². The first-order chi connectivity index (χ1) is 18.8. The van der Waals surface area contributed by atoms with Gasteiger partial charge in [0.05, 0.1) is 36.5 Å². The predicted octanol–water partition coefficient (Wildman–Crippen LogP) is 6.98. The van der Waals surface area contributed by atoms with Crippen molar-refractivity contribution in [1.29, 1.82) is 0 Å². The molecule has 1 saturated heterocycles. The molecule has 1 unspecified atom stereocenters. The molecule has 0 bridgehead atoms. The molecule has 0 aliphatic carbocycles. The fraction of sp³-hybridized carbons (Fsp3) is 0.414. The van der Waals surface area contributed by atoms with Gasteiger partial charge in [0.2, 0.25) is 5.91 Å². The Morgan fingerprint density at radius 2 is 1.62 bits per heavy atom. The third kappa shape index (κ3) is 5.81. The minimum Gasteiger partial charge on any atom is -0.377 e. The van der Waals surface area contributed by atoms with Gasteiger partial charge in [0.1, 0.15) is 5.82 Å². The number of carbonyl (C=O) groups excluding carboxylic acids is 1. The number of nitrogens with zero attached hydrogens (tertiary/aromatic N) is 1. The molecule has 214 valence electrons. The Hall–Kier alpha value is -3.18. The lowest BCUT2D eigenvalue weighted by molar-refractivity contribution is -0.143. The quantitative estimate of drug-likeness (QED) is 0.365. The number of fused-ring (bicyclic) bond motifs is 1. The number of alkyl halides is 6. The first kappa shape index (κ1) is 28.4. The number of hydrogen-bond acceptors (Lipinski definition) is 3. The summed E-state index contributed by atoms with van der Waals surface area (Å²) in [5, 5.41) is 0. The van der Waals surface area contributed by atoms with Crippen molar-refractivity contribution < 1.29 is 45.0 Å². The van der Waals surface area contributed by atoms with Crippen molar-refractivity contribution in [2.24, 2.45) is 0 Å². The number of ether oxygens (including phenoxy) is 2. The molecule has 0 radical (unpaired) electrons. The molecule has 2 aromatic rings. The Kier molecular flexibility index (Phi) is 7.56. The van der Waals surface area contributed by atoms with Crippen molar-refractivity contribution in [1.82, 2.24) is 4.90 Å². The van der Waals surface area contributed by atoms with Gasteiger partial charge in [0.25, 0.3) is 0 Å². The fourth-order valence-electron chi connectivity index (χ4n) is 5.74. The highest BCUT2D eigenvalue weighted by Crippen LogP contribution is 2.45. The van der Waals surface area contributed by atoms with Crippen LogP contribution in [0.15, 0.2) is 65.8 Å². The van der Waals surface area contributed by atoms with Gasteiger partial charge < -0.3 is 14.4 Å². The van der Waals surface area contributed by atoms with Crippen LogP contribution >= 0.6 is 0 Å². The number of benzene rings is 2. The Bertz CT molecular complexity index is 1300. The van der Waals surface area contributed by atoms with E-state index in [2.05, 4.69) is 0 Å². The first-order valence-electron chi connectivity index (χ1n) is 12.8. The van der Waals surface area contributed by atoms with Gasteiger partial charge in [-0.05, 0) is 72.4 Å². The molecule has 5 rings (SSSR count). The van der Waals surface area contributed by atoms with Crippen LogP contribution in [0.1, 0.15) is 54.0 Å². The van der Waals surface area contributed by atoms with Gasteiger partial charge in [0.15, 0.2) is 0 Å². The van der Waals surface area contributed by atoms with E-state index in [9.17, 15) is 35.5 Å². The molecule has 0 saturated carbocycles. The van der Waals surface area contributed by atoms with Gasteiger partial charge in [-0.2, -0.15) is 26.3 Å². The second-order valence-corrected chi connectivity index (χ2v) is 10.2. The van der Waals surface area contributed by atoms with Crippen LogP contribution in [-0.4, -0.2) is 42.7 Å². The number of amides is 1. The normalized spacial score (nSPS) is 24.4. The number of rotatable bonds is 5. The van der Waals surface area contributed by atoms with Gasteiger partial charge in [-0.15, -0.1) is 0 Å². The molecule has 0 N–H and O–H groups in total. The lowest BCUT2D eigenvalue weighted by Crippen LogP contribution is -2.40. The van der Waals surface area contributed by atoms with E-state index < -0.39 is 53.5 Å². The average Bonchev–Trinajstić information content (AvgIpc) is 3.26. The van der Waals surface area contributed by atoms with Crippen molar-refractivity contribution in [3.05, 3.63) is 93.8 Å². The zero-order valence-electron chi connectivity index (χ0n) is 21.4. The van der Waals surface area contributed by atoms with Crippen LogP contribution < -0.4 is 0 Å². The summed E-state index contributed by atoms with van der Waals surface area (Å²) in [6.07, 6.45) is -7.34. The Morgan fingerprint density at radius 3 is 2.20 bits per heavy atom. The highest BCUT2D eigenvalue weighted by Gasteiger charge is 2.48. The minimum absolute atomic E-state index is 0.0736. The lowest BCUT2D eigenvalue weighted by Gasteiger charge is -2.34. The maximum Gasteiger partial charge on any atom is 0.416 e. The van der Waals surface area contributed by atoms with Crippen LogP contribution in [0.25, 0.3) is 0 Å². The monoisotopic (exact) mass is 569 g/mol. The zero-order chi connectivity index (χ0) is 28.8. The Balaban J connectivity index is 1.48. The van der Waals surface area contributed by atoms with E-state index in [0.717, 1.165) is 11.1 Å². The van der Waals surface area contributed by atoms with Crippen molar-refractivity contribution in [2.75, 3.05) is 19.8 Å². The van der Waals surface area contributed by atoms with Crippen molar-refractivity contribution in [3.8, 4) is 0 Å².